The van der Waals surface area contributed by atoms with Crippen LogP contribution in [-0.4, -0.2) is 28.6 Å². The molecule has 0 fully saturated rings. The topological polar surface area (TPSA) is 92.5 Å². The molecule has 0 radical (unpaired) electrons. The summed E-state index contributed by atoms with van der Waals surface area (Å²) in [5.41, 5.74) is -0.0456. The van der Waals surface area contributed by atoms with Gasteiger partial charge in [-0.2, -0.15) is 0 Å². The molecule has 0 heterocycles. The highest BCUT2D eigenvalue weighted by Gasteiger charge is 2.11. The number of aliphatic hydroxyl groups is 1. The molecule has 1 atom stereocenters. The number of nitrogens with zero attached hydrogens (tertiary/aromatic N) is 1. The maximum absolute atomic E-state index is 13.4. The van der Waals surface area contributed by atoms with Crippen LogP contribution in [0.1, 0.15) is 12.5 Å². The second-order valence-electron chi connectivity index (χ2n) is 3.75. The highest BCUT2D eigenvalue weighted by Crippen LogP contribution is 2.16. The molecule has 0 bridgehead atoms. The fourth-order valence-corrected chi connectivity index (χ4v) is 1.32. The van der Waals surface area contributed by atoms with Crippen molar-refractivity contribution in [1.82, 2.24) is 5.32 Å². The van der Waals surface area contributed by atoms with Gasteiger partial charge in [0.25, 0.3) is 5.69 Å². The molecular formula is C11H13FN2O4. The van der Waals surface area contributed by atoms with E-state index in [4.69, 9.17) is 5.11 Å². The number of halogens is 1. The number of amides is 1. The minimum Gasteiger partial charge on any atom is -0.384 e. The van der Waals surface area contributed by atoms with Crippen molar-refractivity contribution in [2.75, 3.05) is 6.54 Å². The number of aliphatic hydroxyl groups excluding tert-OH is 1. The van der Waals surface area contributed by atoms with Gasteiger partial charge in [-0.1, -0.05) is 0 Å². The summed E-state index contributed by atoms with van der Waals surface area (Å²) in [4.78, 5) is 20.7. The summed E-state index contributed by atoms with van der Waals surface area (Å²) in [7, 11) is 0. The van der Waals surface area contributed by atoms with Crippen LogP contribution < -0.4 is 5.32 Å². The summed E-state index contributed by atoms with van der Waals surface area (Å²) in [6.45, 7) is 1.47. The maximum Gasteiger partial charge on any atom is 0.272 e. The SMILES string of the molecule is C[C@@H](O)C(=O)NCCc1ccc([N+](=O)[O-])cc1F. The van der Waals surface area contributed by atoms with Gasteiger partial charge in [-0.05, 0) is 25.0 Å². The Morgan fingerprint density at radius 2 is 2.28 bits per heavy atom. The number of non-ortho nitro benzene ring substituents is 1. The largest absolute Gasteiger partial charge is 0.384 e. The van der Waals surface area contributed by atoms with Crippen molar-refractivity contribution in [2.24, 2.45) is 0 Å². The van der Waals surface area contributed by atoms with Gasteiger partial charge in [-0.3, -0.25) is 14.9 Å². The summed E-state index contributed by atoms with van der Waals surface area (Å²) in [6.07, 6.45) is -0.922. The van der Waals surface area contributed by atoms with E-state index in [-0.39, 0.29) is 24.2 Å². The molecule has 0 aliphatic rings. The lowest BCUT2D eigenvalue weighted by atomic mass is 10.1. The molecule has 1 aromatic carbocycles. The lowest BCUT2D eigenvalue weighted by Gasteiger charge is -2.07. The van der Waals surface area contributed by atoms with Gasteiger partial charge in [0, 0.05) is 12.6 Å². The molecule has 1 rings (SSSR count). The Morgan fingerprint density at radius 3 is 2.78 bits per heavy atom. The number of carbonyl (C=O) groups is 1. The van der Waals surface area contributed by atoms with Crippen LogP contribution in [0.25, 0.3) is 0 Å². The quantitative estimate of drug-likeness (QED) is 0.601. The van der Waals surface area contributed by atoms with Gasteiger partial charge in [0.1, 0.15) is 11.9 Å². The van der Waals surface area contributed by atoms with Gasteiger partial charge < -0.3 is 10.4 Å². The maximum atomic E-state index is 13.4. The van der Waals surface area contributed by atoms with E-state index in [1.165, 1.54) is 19.1 Å². The van der Waals surface area contributed by atoms with Crippen LogP contribution in [-0.2, 0) is 11.2 Å². The second-order valence-corrected chi connectivity index (χ2v) is 3.75. The third kappa shape index (κ3) is 3.77. The molecule has 18 heavy (non-hydrogen) atoms. The summed E-state index contributed by atoms with van der Waals surface area (Å²) >= 11 is 0. The highest BCUT2D eigenvalue weighted by atomic mass is 19.1. The molecule has 98 valence electrons. The predicted octanol–water partition coefficient (Wildman–Crippen LogP) is 0.773. The van der Waals surface area contributed by atoms with Crippen LogP contribution in [0, 0.1) is 15.9 Å². The van der Waals surface area contributed by atoms with E-state index in [1.54, 1.807) is 0 Å². The Balaban J connectivity index is 2.58. The van der Waals surface area contributed by atoms with E-state index in [0.29, 0.717) is 0 Å². The molecule has 7 heteroatoms. The number of nitrogens with one attached hydrogen (secondary N) is 1. The lowest BCUT2D eigenvalue weighted by Crippen LogP contribution is -2.33. The zero-order valence-electron chi connectivity index (χ0n) is 9.72. The third-order valence-electron chi connectivity index (χ3n) is 2.32. The Hall–Kier alpha value is -2.02. The molecule has 0 unspecified atom stereocenters. The smallest absolute Gasteiger partial charge is 0.272 e. The Bertz CT molecular complexity index is 462. The van der Waals surface area contributed by atoms with Crippen LogP contribution in [0.3, 0.4) is 0 Å². The van der Waals surface area contributed by atoms with Gasteiger partial charge >= 0.3 is 0 Å². The van der Waals surface area contributed by atoms with E-state index in [0.717, 1.165) is 6.07 Å². The van der Waals surface area contributed by atoms with Crippen molar-refractivity contribution in [2.45, 2.75) is 19.4 Å². The van der Waals surface area contributed by atoms with Gasteiger partial charge in [-0.25, -0.2) is 4.39 Å². The van der Waals surface area contributed by atoms with Crippen molar-refractivity contribution < 1.29 is 19.2 Å². The molecule has 0 aromatic heterocycles. The summed E-state index contributed by atoms with van der Waals surface area (Å²) < 4.78 is 13.4. The Morgan fingerprint density at radius 1 is 1.61 bits per heavy atom. The van der Waals surface area contributed by atoms with E-state index in [2.05, 4.69) is 5.32 Å². The molecule has 0 aliphatic carbocycles. The molecular weight excluding hydrogens is 243 g/mol. The van der Waals surface area contributed by atoms with E-state index < -0.39 is 22.8 Å². The third-order valence-corrected chi connectivity index (χ3v) is 2.32. The van der Waals surface area contributed by atoms with E-state index in [1.807, 2.05) is 0 Å². The van der Waals surface area contributed by atoms with Gasteiger partial charge in [0.15, 0.2) is 0 Å². The monoisotopic (exact) mass is 256 g/mol. The number of nitro benzene ring substituents is 1. The zero-order valence-corrected chi connectivity index (χ0v) is 9.72. The summed E-state index contributed by atoms with van der Waals surface area (Å²) in [6, 6.07) is 3.35. The average Bonchev–Trinajstić information content (AvgIpc) is 2.30. The lowest BCUT2D eigenvalue weighted by molar-refractivity contribution is -0.385. The normalized spacial score (nSPS) is 11.9. The molecule has 1 aromatic rings. The molecule has 1 amide bonds. The number of nitro groups is 1. The molecule has 0 saturated heterocycles. The number of rotatable bonds is 5. The number of carbonyl (C=O) groups excluding carboxylic acids is 1. The van der Waals surface area contributed by atoms with Crippen LogP contribution in [0.5, 0.6) is 0 Å². The predicted molar refractivity (Wildman–Crippen MR) is 61.4 cm³/mol. The number of hydrogen-bond donors (Lipinski definition) is 2. The fraction of sp³-hybridized carbons (Fsp3) is 0.364. The average molecular weight is 256 g/mol. The highest BCUT2D eigenvalue weighted by molar-refractivity contribution is 5.79. The first-order chi connectivity index (χ1) is 8.41. The Kier molecular flexibility index (Phi) is 4.73. The minimum absolute atomic E-state index is 0.151. The molecule has 0 spiro atoms. The van der Waals surface area contributed by atoms with E-state index >= 15 is 0 Å². The van der Waals surface area contributed by atoms with Gasteiger partial charge in [0.2, 0.25) is 5.91 Å². The molecule has 2 N–H and O–H groups in total. The first kappa shape index (κ1) is 14.0. The second kappa shape index (κ2) is 6.06. The first-order valence-electron chi connectivity index (χ1n) is 5.30. The van der Waals surface area contributed by atoms with Gasteiger partial charge in [-0.15, -0.1) is 0 Å². The van der Waals surface area contributed by atoms with Crippen LogP contribution in [0.15, 0.2) is 18.2 Å². The van der Waals surface area contributed by atoms with E-state index in [9.17, 15) is 19.3 Å². The molecule has 6 nitrogen and oxygen atoms in total. The van der Waals surface area contributed by atoms with Crippen molar-refractivity contribution >= 4 is 11.6 Å². The molecule has 0 aliphatic heterocycles. The number of benzene rings is 1. The van der Waals surface area contributed by atoms with Crippen molar-refractivity contribution in [1.29, 1.82) is 0 Å². The Labute approximate surface area is 103 Å². The summed E-state index contributed by atoms with van der Waals surface area (Å²) in [5.74, 6) is -1.23. The summed E-state index contributed by atoms with van der Waals surface area (Å²) in [5, 5.41) is 21.7. The van der Waals surface area contributed by atoms with Crippen LogP contribution in [0.4, 0.5) is 10.1 Å². The number of hydrogen-bond acceptors (Lipinski definition) is 4. The minimum atomic E-state index is -1.12. The van der Waals surface area contributed by atoms with Crippen LogP contribution >= 0.6 is 0 Å². The van der Waals surface area contributed by atoms with Crippen LogP contribution in [0.2, 0.25) is 0 Å². The van der Waals surface area contributed by atoms with Crippen molar-refractivity contribution in [3.63, 3.8) is 0 Å². The first-order valence-corrected chi connectivity index (χ1v) is 5.30. The fourth-order valence-electron chi connectivity index (χ4n) is 1.32. The van der Waals surface area contributed by atoms with Crippen molar-refractivity contribution in [3.05, 3.63) is 39.7 Å². The standard InChI is InChI=1S/C11H13FN2O4/c1-7(15)11(16)13-5-4-8-2-3-9(14(17)18)6-10(8)12/h2-3,6-7,15H,4-5H2,1H3,(H,13,16)/t7-/m1/s1. The van der Waals surface area contributed by atoms with Gasteiger partial charge in [0.05, 0.1) is 11.0 Å². The zero-order chi connectivity index (χ0) is 13.7. The van der Waals surface area contributed by atoms with Crippen molar-refractivity contribution in [3.8, 4) is 0 Å². The molecule has 0 saturated carbocycles.